The Kier molecular flexibility index (Phi) is 6.94. The van der Waals surface area contributed by atoms with Crippen molar-refractivity contribution in [2.24, 2.45) is 17.3 Å². The fourth-order valence-electron chi connectivity index (χ4n) is 4.36. The van der Waals surface area contributed by atoms with E-state index in [0.717, 1.165) is 12.0 Å². The molecule has 1 aliphatic rings. The minimum atomic E-state index is -0.780. The van der Waals surface area contributed by atoms with Crippen molar-refractivity contribution in [1.29, 1.82) is 0 Å². The summed E-state index contributed by atoms with van der Waals surface area (Å²) in [6.45, 7) is 11.1. The highest BCUT2D eigenvalue weighted by molar-refractivity contribution is 5.85. The van der Waals surface area contributed by atoms with E-state index in [1.54, 1.807) is 12.4 Å². The van der Waals surface area contributed by atoms with Crippen LogP contribution in [0.3, 0.4) is 0 Å². The maximum Gasteiger partial charge on any atom is 0.244 e. The molecule has 0 saturated carbocycles. The summed E-state index contributed by atoms with van der Waals surface area (Å²) in [5, 5.41) is 14.9. The molecule has 1 aromatic carbocycles. The van der Waals surface area contributed by atoms with Crippen LogP contribution >= 0.6 is 0 Å². The molecular weight excluding hydrogens is 374 g/mol. The van der Waals surface area contributed by atoms with Crippen LogP contribution in [0.25, 0.3) is 0 Å². The Morgan fingerprint density at radius 2 is 1.77 bits per heavy atom. The van der Waals surface area contributed by atoms with Gasteiger partial charge in [-0.3, -0.25) is 15.1 Å². The number of carbonyl (C=O) groups is 1. The van der Waals surface area contributed by atoms with Crippen LogP contribution in [0.2, 0.25) is 0 Å². The molecule has 5 nitrogen and oxygen atoms in total. The van der Waals surface area contributed by atoms with Crippen molar-refractivity contribution in [3.8, 4) is 0 Å². The highest BCUT2D eigenvalue weighted by Gasteiger charge is 2.47. The molecule has 1 amide bonds. The summed E-state index contributed by atoms with van der Waals surface area (Å²) in [4.78, 5) is 19.5. The molecule has 1 saturated heterocycles. The molecule has 2 N–H and O–H groups in total. The number of aromatic nitrogens is 1. The van der Waals surface area contributed by atoms with Crippen LogP contribution in [0.1, 0.15) is 45.7 Å². The zero-order valence-corrected chi connectivity index (χ0v) is 18.7. The van der Waals surface area contributed by atoms with E-state index in [1.165, 1.54) is 5.56 Å². The van der Waals surface area contributed by atoms with Crippen molar-refractivity contribution in [1.82, 2.24) is 15.2 Å². The van der Waals surface area contributed by atoms with Gasteiger partial charge >= 0.3 is 0 Å². The normalized spacial score (nSPS) is 21.8. The SMILES string of the molecule is CC(C)C1N[C@@H]([C@H](O)C(Cc2ccccc2)C(C)(C)C)C(=O)N1Cc1cccnc1. The van der Waals surface area contributed by atoms with Gasteiger partial charge in [-0.05, 0) is 40.9 Å². The number of amides is 1. The van der Waals surface area contributed by atoms with Gasteiger partial charge in [-0.15, -0.1) is 0 Å². The number of aliphatic hydroxyl groups is 1. The van der Waals surface area contributed by atoms with Crippen LogP contribution in [0.4, 0.5) is 0 Å². The predicted octanol–water partition coefficient (Wildman–Crippen LogP) is 3.63. The van der Waals surface area contributed by atoms with Gasteiger partial charge in [0.25, 0.3) is 0 Å². The number of aliphatic hydroxyl groups excluding tert-OH is 1. The third-order valence-electron chi connectivity index (χ3n) is 6.11. The molecule has 2 heterocycles. The quantitative estimate of drug-likeness (QED) is 0.733. The number of hydrogen-bond acceptors (Lipinski definition) is 4. The van der Waals surface area contributed by atoms with Crippen molar-refractivity contribution in [3.05, 3.63) is 66.0 Å². The molecule has 2 unspecified atom stereocenters. The summed E-state index contributed by atoms with van der Waals surface area (Å²) < 4.78 is 0. The average molecular weight is 410 g/mol. The first-order valence-corrected chi connectivity index (χ1v) is 10.9. The maximum absolute atomic E-state index is 13.4. The number of nitrogens with one attached hydrogen (secondary N) is 1. The second kappa shape index (κ2) is 9.27. The first-order chi connectivity index (χ1) is 14.2. The van der Waals surface area contributed by atoms with Gasteiger partial charge in [0.05, 0.1) is 12.3 Å². The fourth-order valence-corrected chi connectivity index (χ4v) is 4.36. The van der Waals surface area contributed by atoms with Gasteiger partial charge in [0.15, 0.2) is 0 Å². The number of nitrogens with zero attached hydrogens (tertiary/aromatic N) is 2. The summed E-state index contributed by atoms with van der Waals surface area (Å²) in [6.07, 6.45) is 3.36. The lowest BCUT2D eigenvalue weighted by atomic mass is 9.72. The van der Waals surface area contributed by atoms with E-state index in [4.69, 9.17) is 0 Å². The lowest BCUT2D eigenvalue weighted by molar-refractivity contribution is -0.134. The highest BCUT2D eigenvalue weighted by atomic mass is 16.3. The topological polar surface area (TPSA) is 65.5 Å². The van der Waals surface area contributed by atoms with E-state index >= 15 is 0 Å². The molecule has 30 heavy (non-hydrogen) atoms. The largest absolute Gasteiger partial charge is 0.391 e. The Hall–Kier alpha value is -2.24. The summed E-state index contributed by atoms with van der Waals surface area (Å²) in [7, 11) is 0. The summed E-state index contributed by atoms with van der Waals surface area (Å²) in [5.41, 5.74) is 2.01. The molecule has 0 bridgehead atoms. The first-order valence-electron chi connectivity index (χ1n) is 10.9. The van der Waals surface area contributed by atoms with Crippen molar-refractivity contribution in [3.63, 3.8) is 0 Å². The molecule has 1 aromatic heterocycles. The van der Waals surface area contributed by atoms with Crippen LogP contribution in [0.5, 0.6) is 0 Å². The van der Waals surface area contributed by atoms with E-state index in [1.807, 2.05) is 35.2 Å². The molecular formula is C25H35N3O2. The molecule has 4 atom stereocenters. The van der Waals surface area contributed by atoms with E-state index in [-0.39, 0.29) is 29.3 Å². The second-order valence-corrected chi connectivity index (χ2v) is 9.81. The third kappa shape index (κ3) is 5.08. The Balaban J connectivity index is 1.84. The summed E-state index contributed by atoms with van der Waals surface area (Å²) in [5.74, 6) is 0.130. The smallest absolute Gasteiger partial charge is 0.244 e. The van der Waals surface area contributed by atoms with Gasteiger partial charge in [0.2, 0.25) is 5.91 Å². The monoisotopic (exact) mass is 409 g/mol. The van der Waals surface area contributed by atoms with Crippen LogP contribution in [-0.2, 0) is 17.8 Å². The molecule has 1 aliphatic heterocycles. The standard InChI is InChI=1S/C25H35N3O2/c1-17(2)23-27-21(24(30)28(23)16-19-12-9-13-26-15-19)22(29)20(25(3,4)5)14-18-10-7-6-8-11-18/h6-13,15,17,20-23,27,29H,14,16H2,1-5H3/t20?,21-,22+,23?/m0/s1. The van der Waals surface area contributed by atoms with Crippen LogP contribution < -0.4 is 5.32 Å². The maximum atomic E-state index is 13.4. The van der Waals surface area contributed by atoms with E-state index < -0.39 is 12.1 Å². The average Bonchev–Trinajstić information content (AvgIpc) is 3.03. The fraction of sp³-hybridized carbons (Fsp3) is 0.520. The second-order valence-electron chi connectivity index (χ2n) is 9.81. The van der Waals surface area contributed by atoms with Gasteiger partial charge < -0.3 is 10.0 Å². The van der Waals surface area contributed by atoms with Gasteiger partial charge in [0, 0.05) is 18.9 Å². The summed E-state index contributed by atoms with van der Waals surface area (Å²) in [6, 6.07) is 13.5. The van der Waals surface area contributed by atoms with Crippen molar-refractivity contribution in [2.45, 2.75) is 65.9 Å². The van der Waals surface area contributed by atoms with Gasteiger partial charge in [-0.2, -0.15) is 0 Å². The number of pyridine rings is 1. The molecule has 0 aliphatic carbocycles. The zero-order chi connectivity index (χ0) is 21.9. The minimum absolute atomic E-state index is 0.0348. The number of carbonyl (C=O) groups excluding carboxylic acids is 1. The molecule has 0 spiro atoms. The van der Waals surface area contributed by atoms with Crippen molar-refractivity contribution < 1.29 is 9.90 Å². The van der Waals surface area contributed by atoms with Gasteiger partial charge in [0.1, 0.15) is 6.04 Å². The predicted molar refractivity (Wildman–Crippen MR) is 119 cm³/mol. The Bertz CT molecular complexity index is 817. The molecule has 3 rings (SSSR count). The number of hydrogen-bond donors (Lipinski definition) is 2. The number of rotatable bonds is 7. The molecule has 162 valence electrons. The zero-order valence-electron chi connectivity index (χ0n) is 18.7. The van der Waals surface area contributed by atoms with E-state index in [2.05, 4.69) is 57.1 Å². The highest BCUT2D eigenvalue weighted by Crippen LogP contribution is 2.35. The van der Waals surface area contributed by atoms with Crippen LogP contribution in [0.15, 0.2) is 54.9 Å². The van der Waals surface area contributed by atoms with Crippen molar-refractivity contribution in [2.75, 3.05) is 0 Å². The van der Waals surface area contributed by atoms with Crippen LogP contribution in [-0.4, -0.2) is 39.2 Å². The lowest BCUT2D eigenvalue weighted by Crippen LogP contribution is -2.50. The minimum Gasteiger partial charge on any atom is -0.391 e. The molecule has 5 heteroatoms. The Labute approximate surface area is 180 Å². The molecule has 1 fully saturated rings. The molecule has 0 radical (unpaired) electrons. The van der Waals surface area contributed by atoms with Crippen LogP contribution in [0, 0.1) is 17.3 Å². The first kappa shape index (κ1) is 22.4. The number of benzene rings is 1. The Morgan fingerprint density at radius 1 is 1.10 bits per heavy atom. The van der Waals surface area contributed by atoms with Crippen molar-refractivity contribution >= 4 is 5.91 Å². The lowest BCUT2D eigenvalue weighted by Gasteiger charge is -2.37. The summed E-state index contributed by atoms with van der Waals surface area (Å²) >= 11 is 0. The Morgan fingerprint density at radius 3 is 2.33 bits per heavy atom. The van der Waals surface area contributed by atoms with E-state index in [0.29, 0.717) is 6.54 Å². The molecule has 2 aromatic rings. The van der Waals surface area contributed by atoms with Gasteiger partial charge in [-0.25, -0.2) is 0 Å². The third-order valence-corrected chi connectivity index (χ3v) is 6.11. The van der Waals surface area contributed by atoms with Gasteiger partial charge in [-0.1, -0.05) is 71.0 Å². The van der Waals surface area contributed by atoms with E-state index in [9.17, 15) is 9.90 Å².